The quantitative estimate of drug-likeness (QED) is 0.631. The van der Waals surface area contributed by atoms with Gasteiger partial charge in [0.05, 0.1) is 12.9 Å². The molecule has 0 unspecified atom stereocenters. The number of thioether (sulfide) groups is 1. The van der Waals surface area contributed by atoms with E-state index in [9.17, 15) is 4.79 Å². The molecule has 1 heterocycles. The van der Waals surface area contributed by atoms with Gasteiger partial charge in [0.2, 0.25) is 5.91 Å². The number of hydrogen-bond donors (Lipinski definition) is 1. The Morgan fingerprint density at radius 1 is 1.28 bits per heavy atom. The lowest BCUT2D eigenvalue weighted by Gasteiger charge is -2.31. The highest BCUT2D eigenvalue weighted by Gasteiger charge is 2.29. The van der Waals surface area contributed by atoms with Crippen LogP contribution in [-0.4, -0.2) is 39.6 Å². The van der Waals surface area contributed by atoms with Gasteiger partial charge in [-0.3, -0.25) is 9.36 Å². The molecule has 1 saturated carbocycles. The molecule has 6 nitrogen and oxygen atoms in total. The lowest BCUT2D eigenvalue weighted by atomic mass is 9.85. The maximum atomic E-state index is 12.3. The van der Waals surface area contributed by atoms with Crippen LogP contribution < -0.4 is 10.1 Å². The molecule has 7 heteroatoms. The number of carbonyl (C=O) groups excluding carboxylic acids is 1. The number of amides is 1. The summed E-state index contributed by atoms with van der Waals surface area (Å²) in [4.78, 5) is 12.3. The Morgan fingerprint density at radius 3 is 2.66 bits per heavy atom. The largest absolute Gasteiger partial charge is 0.497 e. The molecule has 1 N–H and O–H groups in total. The van der Waals surface area contributed by atoms with Gasteiger partial charge in [0.15, 0.2) is 11.0 Å². The summed E-state index contributed by atoms with van der Waals surface area (Å²) in [5.41, 5.74) is 1.02. The minimum absolute atomic E-state index is 0.0431. The molecule has 0 saturated heterocycles. The van der Waals surface area contributed by atoms with Crippen LogP contribution in [0.25, 0.3) is 11.4 Å². The third-order valence-electron chi connectivity index (χ3n) is 5.76. The van der Waals surface area contributed by atoms with Gasteiger partial charge in [0.1, 0.15) is 5.75 Å². The second-order valence-corrected chi connectivity index (χ2v) is 8.84. The third-order valence-corrected chi connectivity index (χ3v) is 6.71. The maximum absolute atomic E-state index is 12.3. The van der Waals surface area contributed by atoms with Crippen molar-refractivity contribution in [3.8, 4) is 17.1 Å². The Hall–Kier alpha value is -2.02. The van der Waals surface area contributed by atoms with Crippen molar-refractivity contribution in [1.29, 1.82) is 0 Å². The molecule has 1 aromatic carbocycles. The van der Waals surface area contributed by atoms with Crippen molar-refractivity contribution in [1.82, 2.24) is 20.1 Å². The normalized spacial score (nSPS) is 20.3. The predicted octanol–water partition coefficient (Wildman–Crippen LogP) is 4.71. The average molecular weight is 417 g/mol. The zero-order chi connectivity index (χ0) is 20.8. The number of nitrogens with zero attached hydrogens (tertiary/aromatic N) is 3. The Balaban J connectivity index is 1.87. The van der Waals surface area contributed by atoms with Crippen LogP contribution >= 0.6 is 11.8 Å². The summed E-state index contributed by atoms with van der Waals surface area (Å²) in [5, 5.41) is 12.9. The summed E-state index contributed by atoms with van der Waals surface area (Å²) in [5.74, 6) is 2.65. The van der Waals surface area contributed by atoms with Gasteiger partial charge in [-0.2, -0.15) is 0 Å². The highest BCUT2D eigenvalue weighted by molar-refractivity contribution is 7.99. The van der Waals surface area contributed by atoms with Gasteiger partial charge in [-0.25, -0.2) is 0 Å². The number of nitrogens with one attached hydrogen (secondary N) is 1. The van der Waals surface area contributed by atoms with Crippen molar-refractivity contribution < 1.29 is 9.53 Å². The van der Waals surface area contributed by atoms with Crippen LogP contribution in [0.4, 0.5) is 0 Å². The summed E-state index contributed by atoms with van der Waals surface area (Å²) in [7, 11) is 1.67. The average Bonchev–Trinajstić information content (AvgIpc) is 3.16. The lowest BCUT2D eigenvalue weighted by molar-refractivity contribution is -0.119. The summed E-state index contributed by atoms with van der Waals surface area (Å²) in [6.45, 7) is 6.41. The molecule has 3 rings (SSSR count). The van der Waals surface area contributed by atoms with Crippen LogP contribution in [0.2, 0.25) is 0 Å². The lowest BCUT2D eigenvalue weighted by Crippen LogP contribution is -2.33. The van der Waals surface area contributed by atoms with Gasteiger partial charge < -0.3 is 10.1 Å². The summed E-state index contributed by atoms with van der Waals surface area (Å²) in [6.07, 6.45) is 5.75. The Bertz CT molecular complexity index is 806. The molecule has 1 aliphatic carbocycles. The molecule has 29 heavy (non-hydrogen) atoms. The maximum Gasteiger partial charge on any atom is 0.230 e. The first-order valence-electron chi connectivity index (χ1n) is 10.5. The topological polar surface area (TPSA) is 69.0 Å². The third kappa shape index (κ3) is 5.32. The van der Waals surface area contributed by atoms with Crippen molar-refractivity contribution in [2.24, 2.45) is 5.92 Å². The van der Waals surface area contributed by atoms with Crippen LogP contribution in [0.1, 0.15) is 58.9 Å². The first-order valence-corrected chi connectivity index (χ1v) is 11.5. The zero-order valence-corrected chi connectivity index (χ0v) is 18.7. The minimum Gasteiger partial charge on any atom is -0.497 e. The van der Waals surface area contributed by atoms with Crippen molar-refractivity contribution in [2.75, 3.05) is 12.9 Å². The fourth-order valence-electron chi connectivity index (χ4n) is 3.84. The zero-order valence-electron chi connectivity index (χ0n) is 17.9. The first kappa shape index (κ1) is 21.7. The van der Waals surface area contributed by atoms with Crippen LogP contribution in [0.5, 0.6) is 5.75 Å². The van der Waals surface area contributed by atoms with Gasteiger partial charge in [-0.05, 0) is 56.4 Å². The van der Waals surface area contributed by atoms with E-state index in [0.717, 1.165) is 35.1 Å². The molecule has 1 aliphatic rings. The number of benzene rings is 1. The van der Waals surface area contributed by atoms with Gasteiger partial charge >= 0.3 is 0 Å². The van der Waals surface area contributed by atoms with Crippen molar-refractivity contribution >= 4 is 17.7 Å². The molecule has 1 fully saturated rings. The number of carbonyl (C=O) groups is 1. The molecular weight excluding hydrogens is 384 g/mol. The summed E-state index contributed by atoms with van der Waals surface area (Å²) in [6, 6.07) is 8.49. The standard InChI is InChI=1S/C22H32N4O2S/c1-5-16(3)23-20(27)14-29-22-25-24-21(17-10-12-18(28-4)13-11-17)26(22)19-9-7-6-8-15(19)2/h10-13,15-16,19H,5-9,14H2,1-4H3,(H,23,27)/t15-,16-,19+/m0/s1. The number of methoxy groups -OCH3 is 1. The van der Waals surface area contributed by atoms with Crippen LogP contribution in [0.3, 0.4) is 0 Å². The molecule has 1 amide bonds. The number of aromatic nitrogens is 3. The van der Waals surface area contributed by atoms with Gasteiger partial charge in [0.25, 0.3) is 0 Å². The van der Waals surface area contributed by atoms with E-state index in [4.69, 9.17) is 4.74 Å². The summed E-state index contributed by atoms with van der Waals surface area (Å²) < 4.78 is 7.56. The van der Waals surface area contributed by atoms with Gasteiger partial charge in [0, 0.05) is 17.6 Å². The van der Waals surface area contributed by atoms with Crippen molar-refractivity contribution in [3.05, 3.63) is 24.3 Å². The highest BCUT2D eigenvalue weighted by Crippen LogP contribution is 2.39. The molecule has 0 bridgehead atoms. The molecule has 2 aromatic rings. The second kappa shape index (κ2) is 10.1. The van der Waals surface area contributed by atoms with Crippen molar-refractivity contribution in [3.63, 3.8) is 0 Å². The molecule has 1 aromatic heterocycles. The highest BCUT2D eigenvalue weighted by atomic mass is 32.2. The molecule has 0 radical (unpaired) electrons. The number of ether oxygens (including phenoxy) is 1. The minimum atomic E-state index is 0.0431. The monoisotopic (exact) mass is 416 g/mol. The Labute approximate surface area is 177 Å². The Kier molecular flexibility index (Phi) is 7.58. The SMILES string of the molecule is CC[C@H](C)NC(=O)CSc1nnc(-c2ccc(OC)cc2)n1[C@@H]1CCCC[C@@H]1C. The van der Waals surface area contributed by atoms with E-state index in [2.05, 4.69) is 33.9 Å². The fraction of sp³-hybridized carbons (Fsp3) is 0.591. The van der Waals surface area contributed by atoms with Gasteiger partial charge in [-0.1, -0.05) is 38.5 Å². The van der Waals surface area contributed by atoms with E-state index in [1.54, 1.807) is 7.11 Å². The van der Waals surface area contributed by atoms with Crippen molar-refractivity contribution in [2.45, 2.75) is 70.1 Å². The predicted molar refractivity (Wildman–Crippen MR) is 117 cm³/mol. The van der Waals surface area contributed by atoms with E-state index in [-0.39, 0.29) is 11.9 Å². The molecule has 158 valence electrons. The number of rotatable bonds is 8. The van der Waals surface area contributed by atoms with Gasteiger partial charge in [-0.15, -0.1) is 10.2 Å². The van der Waals surface area contributed by atoms with E-state index in [1.165, 1.54) is 31.0 Å². The van der Waals surface area contributed by atoms with Crippen LogP contribution in [0, 0.1) is 5.92 Å². The number of hydrogen-bond acceptors (Lipinski definition) is 5. The van der Waals surface area contributed by atoms with E-state index in [1.807, 2.05) is 31.2 Å². The van der Waals surface area contributed by atoms with E-state index < -0.39 is 0 Å². The molecular formula is C22H32N4O2S. The van der Waals surface area contributed by atoms with E-state index in [0.29, 0.717) is 17.7 Å². The smallest absolute Gasteiger partial charge is 0.230 e. The molecule has 0 spiro atoms. The van der Waals surface area contributed by atoms with Crippen LogP contribution in [-0.2, 0) is 4.79 Å². The Morgan fingerprint density at radius 2 is 2.00 bits per heavy atom. The van der Waals surface area contributed by atoms with E-state index >= 15 is 0 Å². The van der Waals surface area contributed by atoms with Crippen LogP contribution in [0.15, 0.2) is 29.4 Å². The fourth-order valence-corrected chi connectivity index (χ4v) is 4.64. The first-order chi connectivity index (χ1) is 14.0. The summed E-state index contributed by atoms with van der Waals surface area (Å²) >= 11 is 1.48. The molecule has 0 aliphatic heterocycles. The molecule has 3 atom stereocenters. The second-order valence-electron chi connectivity index (χ2n) is 7.90.